The van der Waals surface area contributed by atoms with Crippen LogP contribution in [0.25, 0.3) is 0 Å². The first-order valence-electron chi connectivity index (χ1n) is 16.6. The van der Waals surface area contributed by atoms with Gasteiger partial charge in [-0.05, 0) is 69.2 Å². The average molecular weight is 652 g/mol. The molecule has 3 aromatic rings. The Morgan fingerprint density at radius 2 is 1.67 bits per heavy atom. The number of anilines is 1. The van der Waals surface area contributed by atoms with Gasteiger partial charge < -0.3 is 19.5 Å². The molecular weight excluding hydrogens is 603 g/mol. The highest BCUT2D eigenvalue weighted by molar-refractivity contribution is 8.00. The van der Waals surface area contributed by atoms with E-state index in [1.54, 1.807) is 18.0 Å². The Balaban J connectivity index is 0.981. The molecule has 0 unspecified atom stereocenters. The Bertz CT molecular complexity index is 1380. The Morgan fingerprint density at radius 3 is 2.31 bits per heavy atom. The second-order valence-electron chi connectivity index (χ2n) is 13.5. The summed E-state index contributed by atoms with van der Waals surface area (Å²) in [6, 6.07) is 9.30. The molecule has 2 amide bonds. The summed E-state index contributed by atoms with van der Waals surface area (Å²) in [5.41, 5.74) is 2.57. The number of aromatic nitrogens is 2. The molecule has 2 fully saturated rings. The minimum Gasteiger partial charge on any atom is -0.444 e. The lowest BCUT2D eigenvalue weighted by molar-refractivity contribution is -0.133. The molecule has 0 spiro atoms. The van der Waals surface area contributed by atoms with Crippen LogP contribution in [0.5, 0.6) is 0 Å². The number of hydrogen-bond acceptors (Lipinski definition) is 8. The van der Waals surface area contributed by atoms with Gasteiger partial charge >= 0.3 is 0 Å². The van der Waals surface area contributed by atoms with Gasteiger partial charge in [-0.25, -0.2) is 9.97 Å². The number of benzene rings is 1. The summed E-state index contributed by atoms with van der Waals surface area (Å²) in [6.07, 6.45) is 12.3. The molecule has 45 heavy (non-hydrogen) atoms. The van der Waals surface area contributed by atoms with Gasteiger partial charge in [0.15, 0.2) is 5.13 Å². The first-order chi connectivity index (χ1) is 21.7. The Kier molecular flexibility index (Phi) is 11.8. The standard InChI is InChI=1S/C35H49N5O3S2/c1-5-6-7-25-8-10-26(11-9-25)12-13-31(41)40-20-16-28(17-21-40)39-18-14-27(15-19-39)33(42)38-34-37-23-32(45-34)44-24-30-36-22-29(43-30)35(2,3)4/h8-11,22-23,27-28H,5-7,12-21,24H2,1-4H3,(H,37,38,42). The number of carbonyl (C=O) groups excluding carboxylic acids is 2. The molecule has 0 radical (unpaired) electrons. The number of nitrogens with one attached hydrogen (secondary N) is 1. The number of likely N-dealkylation sites (tertiary alicyclic amines) is 2. The van der Waals surface area contributed by atoms with E-state index >= 15 is 0 Å². The first kappa shape index (κ1) is 33.7. The number of carbonyl (C=O) groups is 2. The second kappa shape index (κ2) is 15.7. The van der Waals surface area contributed by atoms with Crippen molar-refractivity contribution in [3.05, 3.63) is 59.4 Å². The van der Waals surface area contributed by atoms with Gasteiger partial charge in [0, 0.05) is 36.9 Å². The van der Waals surface area contributed by atoms with Crippen molar-refractivity contribution in [1.29, 1.82) is 0 Å². The number of oxazole rings is 1. The minimum atomic E-state index is -0.0620. The molecular formula is C35H49N5O3S2. The van der Waals surface area contributed by atoms with Crippen LogP contribution in [0.1, 0.15) is 95.4 Å². The van der Waals surface area contributed by atoms with E-state index in [0.717, 1.165) is 74.7 Å². The third-order valence-corrected chi connectivity index (χ3v) is 11.1. The molecule has 2 aliphatic heterocycles. The van der Waals surface area contributed by atoms with E-state index in [-0.39, 0.29) is 23.1 Å². The van der Waals surface area contributed by atoms with Crippen LogP contribution in [0.15, 0.2) is 45.3 Å². The summed E-state index contributed by atoms with van der Waals surface area (Å²) >= 11 is 3.12. The van der Waals surface area contributed by atoms with E-state index in [9.17, 15) is 9.59 Å². The molecule has 5 rings (SSSR count). The van der Waals surface area contributed by atoms with Gasteiger partial charge in [0.25, 0.3) is 0 Å². The summed E-state index contributed by atoms with van der Waals surface area (Å²) in [4.78, 5) is 39.4. The molecule has 0 atom stereocenters. The van der Waals surface area contributed by atoms with Gasteiger partial charge in [0.05, 0.1) is 22.4 Å². The summed E-state index contributed by atoms with van der Waals surface area (Å²) in [5.74, 6) is 2.56. The fraction of sp³-hybridized carbons (Fsp3) is 0.600. The lowest BCUT2D eigenvalue weighted by Gasteiger charge is -2.41. The van der Waals surface area contributed by atoms with Crippen LogP contribution in [0.3, 0.4) is 0 Å². The SMILES string of the molecule is CCCCc1ccc(CCC(=O)N2CCC(N3CCC(C(=O)Nc4ncc(SCc5ncc(C(C)(C)C)o5)s4)CC3)CC2)cc1. The second-order valence-corrected chi connectivity index (χ2v) is 15.8. The number of nitrogens with zero attached hydrogens (tertiary/aromatic N) is 4. The Morgan fingerprint density at radius 1 is 0.978 bits per heavy atom. The maximum atomic E-state index is 13.0. The highest BCUT2D eigenvalue weighted by Gasteiger charge is 2.32. The average Bonchev–Trinajstić information content (AvgIpc) is 3.72. The van der Waals surface area contributed by atoms with E-state index in [0.29, 0.717) is 29.2 Å². The van der Waals surface area contributed by atoms with Crippen molar-refractivity contribution in [2.45, 2.75) is 107 Å². The van der Waals surface area contributed by atoms with Crippen LogP contribution in [0, 0.1) is 5.92 Å². The monoisotopic (exact) mass is 651 g/mol. The first-order valence-corrected chi connectivity index (χ1v) is 18.4. The van der Waals surface area contributed by atoms with Crippen molar-refractivity contribution in [3.8, 4) is 0 Å². The molecule has 2 saturated heterocycles. The quantitative estimate of drug-likeness (QED) is 0.205. The number of rotatable bonds is 12. The Labute approximate surface area is 276 Å². The molecule has 0 bridgehead atoms. The van der Waals surface area contributed by atoms with Crippen LogP contribution < -0.4 is 5.32 Å². The van der Waals surface area contributed by atoms with Crippen molar-refractivity contribution < 1.29 is 14.0 Å². The van der Waals surface area contributed by atoms with E-state index in [2.05, 4.69) is 77.0 Å². The zero-order valence-electron chi connectivity index (χ0n) is 27.3. The summed E-state index contributed by atoms with van der Waals surface area (Å²) in [5, 5.41) is 3.70. The molecule has 0 saturated carbocycles. The third-order valence-electron chi connectivity index (χ3n) is 9.05. The lowest BCUT2D eigenvalue weighted by atomic mass is 9.92. The van der Waals surface area contributed by atoms with Gasteiger partial charge in [0.1, 0.15) is 5.76 Å². The van der Waals surface area contributed by atoms with E-state index in [4.69, 9.17) is 4.42 Å². The van der Waals surface area contributed by atoms with E-state index < -0.39 is 0 Å². The van der Waals surface area contributed by atoms with E-state index in [1.807, 2.05) is 6.20 Å². The highest BCUT2D eigenvalue weighted by Crippen LogP contribution is 2.33. The van der Waals surface area contributed by atoms with Crippen LogP contribution in [-0.4, -0.2) is 63.8 Å². The van der Waals surface area contributed by atoms with Crippen molar-refractivity contribution in [3.63, 3.8) is 0 Å². The predicted octanol–water partition coefficient (Wildman–Crippen LogP) is 7.34. The maximum Gasteiger partial charge on any atom is 0.229 e. The van der Waals surface area contributed by atoms with Gasteiger partial charge in [-0.15, -0.1) is 11.8 Å². The van der Waals surface area contributed by atoms with E-state index in [1.165, 1.54) is 35.3 Å². The number of piperidine rings is 2. The maximum absolute atomic E-state index is 13.0. The number of thioether (sulfide) groups is 1. The predicted molar refractivity (Wildman–Crippen MR) is 183 cm³/mol. The van der Waals surface area contributed by atoms with Crippen molar-refractivity contribution in [2.24, 2.45) is 5.92 Å². The normalized spacial score (nSPS) is 17.1. The van der Waals surface area contributed by atoms with Crippen LogP contribution >= 0.6 is 23.1 Å². The van der Waals surface area contributed by atoms with Crippen LogP contribution in [-0.2, 0) is 33.6 Å². The topological polar surface area (TPSA) is 91.6 Å². The lowest BCUT2D eigenvalue weighted by Crippen LogP contribution is -2.49. The zero-order chi connectivity index (χ0) is 31.8. The minimum absolute atomic E-state index is 0.00627. The highest BCUT2D eigenvalue weighted by atomic mass is 32.2. The van der Waals surface area contributed by atoms with Crippen molar-refractivity contribution >= 4 is 40.0 Å². The smallest absolute Gasteiger partial charge is 0.229 e. The molecule has 10 heteroatoms. The number of amides is 2. The Hall–Kier alpha value is -2.69. The molecule has 0 aliphatic carbocycles. The number of thiazole rings is 1. The third kappa shape index (κ3) is 9.66. The molecule has 244 valence electrons. The number of hydrogen-bond donors (Lipinski definition) is 1. The van der Waals surface area contributed by atoms with Gasteiger partial charge in [-0.1, -0.05) is 69.7 Å². The number of unbranched alkanes of at least 4 members (excludes halogenated alkanes) is 1. The van der Waals surface area contributed by atoms with Crippen molar-refractivity contribution in [1.82, 2.24) is 19.8 Å². The summed E-state index contributed by atoms with van der Waals surface area (Å²) in [6.45, 7) is 12.1. The summed E-state index contributed by atoms with van der Waals surface area (Å²) < 4.78 is 6.91. The molecule has 4 heterocycles. The van der Waals surface area contributed by atoms with Crippen LogP contribution in [0.4, 0.5) is 5.13 Å². The molecule has 1 aromatic carbocycles. The van der Waals surface area contributed by atoms with Gasteiger partial charge in [-0.2, -0.15) is 0 Å². The summed E-state index contributed by atoms with van der Waals surface area (Å²) in [7, 11) is 0. The fourth-order valence-electron chi connectivity index (χ4n) is 6.12. The van der Waals surface area contributed by atoms with Crippen LogP contribution in [0.2, 0.25) is 0 Å². The van der Waals surface area contributed by atoms with Gasteiger partial charge in [-0.3, -0.25) is 9.59 Å². The number of aryl methyl sites for hydroxylation is 2. The fourth-order valence-corrected chi connectivity index (χ4v) is 7.85. The molecule has 2 aromatic heterocycles. The zero-order valence-corrected chi connectivity index (χ0v) is 29.0. The molecule has 2 aliphatic rings. The molecule has 1 N–H and O–H groups in total. The largest absolute Gasteiger partial charge is 0.444 e. The van der Waals surface area contributed by atoms with Crippen molar-refractivity contribution in [2.75, 3.05) is 31.5 Å². The molecule has 8 nitrogen and oxygen atoms in total. The van der Waals surface area contributed by atoms with Gasteiger partial charge in [0.2, 0.25) is 17.7 Å².